The largest absolute Gasteiger partial charge is 0.398 e. The second-order valence-corrected chi connectivity index (χ2v) is 7.86. The quantitative estimate of drug-likeness (QED) is 0.829. The van der Waals surface area contributed by atoms with Gasteiger partial charge in [0.15, 0.2) is 0 Å². The number of sulfonamides is 1. The number of benzene rings is 1. The lowest BCUT2D eigenvalue weighted by molar-refractivity contribution is 0.581. The van der Waals surface area contributed by atoms with Crippen molar-refractivity contribution in [1.82, 2.24) is 9.71 Å². The molecule has 1 aromatic heterocycles. The number of aryl methyl sites for hydroxylation is 1. The van der Waals surface area contributed by atoms with Gasteiger partial charge in [-0.3, -0.25) is 0 Å². The number of rotatable bonds is 4. The Morgan fingerprint density at radius 1 is 1.40 bits per heavy atom. The highest BCUT2D eigenvalue weighted by molar-refractivity contribution is 7.89. The summed E-state index contributed by atoms with van der Waals surface area (Å²) in [6.07, 6.45) is 1.68. The van der Waals surface area contributed by atoms with E-state index >= 15 is 0 Å². The van der Waals surface area contributed by atoms with Gasteiger partial charge in [-0.05, 0) is 19.1 Å². The van der Waals surface area contributed by atoms with Crippen LogP contribution in [0.15, 0.2) is 23.2 Å². The monoisotopic (exact) mass is 351 g/mol. The van der Waals surface area contributed by atoms with Crippen LogP contribution in [0.3, 0.4) is 0 Å². The van der Waals surface area contributed by atoms with Gasteiger partial charge >= 0.3 is 0 Å². The lowest BCUT2D eigenvalue weighted by atomic mass is 10.3. The summed E-state index contributed by atoms with van der Waals surface area (Å²) in [5.41, 5.74) is 5.69. The minimum Gasteiger partial charge on any atom is -0.398 e. The van der Waals surface area contributed by atoms with Crippen molar-refractivity contribution in [3.05, 3.63) is 38.3 Å². The lowest BCUT2D eigenvalue weighted by Crippen LogP contribution is -2.24. The summed E-state index contributed by atoms with van der Waals surface area (Å²) >= 11 is 13.1. The molecule has 0 fully saturated rings. The molecule has 1 aromatic carbocycles. The van der Waals surface area contributed by atoms with Crippen molar-refractivity contribution >= 4 is 50.2 Å². The molecule has 3 N–H and O–H groups in total. The Morgan fingerprint density at radius 3 is 2.65 bits per heavy atom. The fourth-order valence-corrected chi connectivity index (χ4v) is 4.36. The van der Waals surface area contributed by atoms with Crippen LogP contribution in [0.1, 0.15) is 9.88 Å². The average Bonchev–Trinajstić information content (AvgIpc) is 2.71. The highest BCUT2D eigenvalue weighted by Crippen LogP contribution is 2.31. The van der Waals surface area contributed by atoms with Gasteiger partial charge in [-0.1, -0.05) is 23.2 Å². The summed E-state index contributed by atoms with van der Waals surface area (Å²) in [6.45, 7) is 1.98. The second-order valence-electron chi connectivity index (χ2n) is 4.00. The van der Waals surface area contributed by atoms with Crippen LogP contribution < -0.4 is 10.5 Å². The maximum absolute atomic E-state index is 12.2. The van der Waals surface area contributed by atoms with Crippen molar-refractivity contribution in [1.29, 1.82) is 0 Å². The average molecular weight is 352 g/mol. The molecular formula is C11H11Cl2N3O2S2. The summed E-state index contributed by atoms with van der Waals surface area (Å²) < 4.78 is 26.9. The normalized spacial score (nSPS) is 11.8. The van der Waals surface area contributed by atoms with Crippen LogP contribution in [0, 0.1) is 6.92 Å². The summed E-state index contributed by atoms with van der Waals surface area (Å²) in [4.78, 5) is 4.91. The van der Waals surface area contributed by atoms with Crippen LogP contribution in [-0.4, -0.2) is 13.4 Å². The van der Waals surface area contributed by atoms with Crippen LogP contribution >= 0.6 is 34.5 Å². The molecule has 5 nitrogen and oxygen atoms in total. The molecule has 9 heteroatoms. The molecule has 0 aliphatic heterocycles. The number of nitrogens with one attached hydrogen (secondary N) is 1. The molecule has 0 radical (unpaired) electrons. The Bertz CT molecular complexity index is 721. The molecule has 108 valence electrons. The molecule has 0 unspecified atom stereocenters. The third kappa shape index (κ3) is 3.42. The highest BCUT2D eigenvalue weighted by atomic mass is 35.5. The Morgan fingerprint density at radius 2 is 2.10 bits per heavy atom. The van der Waals surface area contributed by atoms with Gasteiger partial charge in [-0.15, -0.1) is 11.3 Å². The molecule has 0 aliphatic carbocycles. The fourth-order valence-electron chi connectivity index (χ4n) is 1.58. The van der Waals surface area contributed by atoms with Crippen molar-refractivity contribution in [2.75, 3.05) is 5.73 Å². The highest BCUT2D eigenvalue weighted by Gasteiger charge is 2.22. The van der Waals surface area contributed by atoms with Gasteiger partial charge in [0.05, 0.1) is 17.3 Å². The molecule has 1 heterocycles. The van der Waals surface area contributed by atoms with Crippen LogP contribution in [0.5, 0.6) is 0 Å². The summed E-state index contributed by atoms with van der Waals surface area (Å²) in [5.74, 6) is 0. The predicted molar refractivity (Wildman–Crippen MR) is 81.8 cm³/mol. The molecule has 0 aliphatic rings. The van der Waals surface area contributed by atoms with E-state index in [9.17, 15) is 8.42 Å². The number of nitrogens with zero attached hydrogens (tertiary/aromatic N) is 1. The zero-order chi connectivity index (χ0) is 14.9. The maximum atomic E-state index is 12.2. The van der Waals surface area contributed by atoms with E-state index in [4.69, 9.17) is 28.9 Å². The van der Waals surface area contributed by atoms with E-state index in [0.29, 0.717) is 5.01 Å². The number of nitrogen functional groups attached to an aromatic ring is 1. The first kappa shape index (κ1) is 15.5. The van der Waals surface area contributed by atoms with Crippen LogP contribution in [0.2, 0.25) is 10.0 Å². The van der Waals surface area contributed by atoms with E-state index in [-0.39, 0.29) is 27.2 Å². The number of nitrogens with two attached hydrogens (primary N) is 1. The van der Waals surface area contributed by atoms with E-state index in [1.165, 1.54) is 23.5 Å². The standard InChI is InChI=1S/C11H11Cl2N3O2S2/c1-6-4-15-10(19-6)5-16-20(17,18)11-8(13)2-7(12)3-9(11)14/h2-4,16H,5,14H2,1H3. The second kappa shape index (κ2) is 5.87. The van der Waals surface area contributed by atoms with E-state index in [2.05, 4.69) is 9.71 Å². The lowest BCUT2D eigenvalue weighted by Gasteiger charge is -2.10. The SMILES string of the molecule is Cc1cnc(CNS(=O)(=O)c2c(N)cc(Cl)cc2Cl)s1. The van der Waals surface area contributed by atoms with E-state index in [1.807, 2.05) is 6.92 Å². The Kier molecular flexibility index (Phi) is 4.55. The van der Waals surface area contributed by atoms with Crippen molar-refractivity contribution in [3.8, 4) is 0 Å². The Labute approximate surface area is 130 Å². The first-order chi connectivity index (χ1) is 9.29. The Hall–Kier alpha value is -0.860. The summed E-state index contributed by atoms with van der Waals surface area (Å²) in [6, 6.07) is 2.68. The molecule has 20 heavy (non-hydrogen) atoms. The van der Waals surface area contributed by atoms with E-state index < -0.39 is 10.0 Å². The summed E-state index contributed by atoms with van der Waals surface area (Å²) in [7, 11) is -3.83. The molecule has 2 rings (SSSR count). The molecule has 0 bridgehead atoms. The van der Waals surface area contributed by atoms with Crippen LogP contribution in [-0.2, 0) is 16.6 Å². The van der Waals surface area contributed by atoms with Crippen molar-refractivity contribution in [3.63, 3.8) is 0 Å². The van der Waals surface area contributed by atoms with Crippen molar-refractivity contribution < 1.29 is 8.42 Å². The number of thiazole rings is 1. The molecule has 0 saturated carbocycles. The molecular weight excluding hydrogens is 341 g/mol. The van der Waals surface area contributed by atoms with Crippen LogP contribution in [0.4, 0.5) is 5.69 Å². The Balaban J connectivity index is 2.27. The minimum absolute atomic E-state index is 0.00493. The zero-order valence-corrected chi connectivity index (χ0v) is 13.5. The van der Waals surface area contributed by atoms with E-state index in [1.54, 1.807) is 6.20 Å². The van der Waals surface area contributed by atoms with Crippen molar-refractivity contribution in [2.24, 2.45) is 0 Å². The predicted octanol–water partition coefficient (Wildman–Crippen LogP) is 2.82. The number of anilines is 1. The molecule has 2 aromatic rings. The van der Waals surface area contributed by atoms with E-state index in [0.717, 1.165) is 4.88 Å². The minimum atomic E-state index is -3.83. The van der Waals surface area contributed by atoms with Gasteiger partial charge in [0, 0.05) is 16.1 Å². The third-order valence-corrected chi connectivity index (χ3v) is 5.45. The topological polar surface area (TPSA) is 85.1 Å². The molecule has 0 spiro atoms. The first-order valence-corrected chi connectivity index (χ1v) is 8.50. The zero-order valence-electron chi connectivity index (χ0n) is 10.4. The fraction of sp³-hybridized carbons (Fsp3) is 0.182. The first-order valence-electron chi connectivity index (χ1n) is 5.45. The van der Waals surface area contributed by atoms with Gasteiger partial charge in [0.25, 0.3) is 0 Å². The van der Waals surface area contributed by atoms with Crippen LogP contribution in [0.25, 0.3) is 0 Å². The number of halogens is 2. The molecule has 0 atom stereocenters. The van der Waals surface area contributed by atoms with Gasteiger partial charge < -0.3 is 5.73 Å². The van der Waals surface area contributed by atoms with Gasteiger partial charge in [0.1, 0.15) is 9.90 Å². The number of hydrogen-bond acceptors (Lipinski definition) is 5. The van der Waals surface area contributed by atoms with Crippen molar-refractivity contribution in [2.45, 2.75) is 18.4 Å². The summed E-state index contributed by atoms with van der Waals surface area (Å²) in [5, 5.41) is 0.926. The third-order valence-electron chi connectivity index (χ3n) is 2.39. The molecule has 0 amide bonds. The van der Waals surface area contributed by atoms with Gasteiger partial charge in [-0.2, -0.15) is 0 Å². The maximum Gasteiger partial charge on any atom is 0.244 e. The van der Waals surface area contributed by atoms with Gasteiger partial charge in [0.2, 0.25) is 10.0 Å². The molecule has 0 saturated heterocycles. The number of aromatic nitrogens is 1. The van der Waals surface area contributed by atoms with Gasteiger partial charge in [-0.25, -0.2) is 18.1 Å². The smallest absolute Gasteiger partial charge is 0.244 e. The number of hydrogen-bond donors (Lipinski definition) is 2.